The van der Waals surface area contributed by atoms with Crippen molar-refractivity contribution in [2.24, 2.45) is 0 Å². The molecule has 1 aromatic heterocycles. The molecule has 3 aromatic rings. The zero-order valence-electron chi connectivity index (χ0n) is 16.3. The summed E-state index contributed by atoms with van der Waals surface area (Å²) in [6, 6.07) is 16.6. The molecule has 30 heavy (non-hydrogen) atoms. The van der Waals surface area contributed by atoms with E-state index in [0.29, 0.717) is 29.9 Å². The lowest BCUT2D eigenvalue weighted by Gasteiger charge is -2.34. The van der Waals surface area contributed by atoms with E-state index in [1.165, 1.54) is 7.11 Å². The van der Waals surface area contributed by atoms with Gasteiger partial charge in [-0.2, -0.15) is 4.68 Å². The van der Waals surface area contributed by atoms with E-state index in [0.717, 1.165) is 16.8 Å². The normalized spacial score (nSPS) is 20.2. The highest BCUT2D eigenvalue weighted by Gasteiger charge is 2.39. The number of nitrogens with one attached hydrogen (secondary N) is 1. The third-order valence-electron chi connectivity index (χ3n) is 5.70. The Balaban J connectivity index is 1.56. The van der Waals surface area contributed by atoms with Crippen LogP contribution in [0.4, 0.5) is 5.95 Å². The number of benzene rings is 2. The Hall–Kier alpha value is -3.81. The molecular formula is C22H19N5O3. The molecule has 1 N–H and O–H groups in total. The Morgan fingerprint density at radius 3 is 2.57 bits per heavy atom. The first kappa shape index (κ1) is 18.2. The molecule has 0 fully saturated rings. The summed E-state index contributed by atoms with van der Waals surface area (Å²) in [5.41, 5.74) is 3.94. The summed E-state index contributed by atoms with van der Waals surface area (Å²) >= 11 is 0. The first-order chi connectivity index (χ1) is 14.7. The van der Waals surface area contributed by atoms with E-state index in [9.17, 15) is 9.59 Å². The number of hydrogen-bond donors (Lipinski definition) is 1. The van der Waals surface area contributed by atoms with Crippen molar-refractivity contribution in [1.82, 2.24) is 20.2 Å². The van der Waals surface area contributed by atoms with Crippen LogP contribution in [0, 0.1) is 0 Å². The minimum Gasteiger partial charge on any atom is -0.465 e. The maximum Gasteiger partial charge on any atom is 0.337 e. The average Bonchev–Trinajstić information content (AvgIpc) is 3.26. The number of anilines is 1. The summed E-state index contributed by atoms with van der Waals surface area (Å²) in [5, 5.41) is 15.2. The molecule has 8 heteroatoms. The maximum atomic E-state index is 13.3. The lowest BCUT2D eigenvalue weighted by atomic mass is 9.78. The third kappa shape index (κ3) is 2.97. The number of ketones is 1. The number of tetrazole rings is 1. The van der Waals surface area contributed by atoms with Gasteiger partial charge in [0, 0.05) is 17.7 Å². The van der Waals surface area contributed by atoms with Gasteiger partial charge in [0.15, 0.2) is 5.78 Å². The van der Waals surface area contributed by atoms with Crippen molar-refractivity contribution < 1.29 is 14.3 Å². The van der Waals surface area contributed by atoms with Crippen LogP contribution in [0.3, 0.4) is 0 Å². The van der Waals surface area contributed by atoms with Crippen molar-refractivity contribution in [3.05, 3.63) is 82.6 Å². The molecule has 8 nitrogen and oxygen atoms in total. The minimum absolute atomic E-state index is 0.0702. The highest BCUT2D eigenvalue weighted by atomic mass is 16.5. The number of hydrogen-bond acceptors (Lipinski definition) is 7. The number of fused-ring (bicyclic) bond motifs is 1. The molecule has 150 valence electrons. The van der Waals surface area contributed by atoms with E-state index in [2.05, 4.69) is 33.0 Å². The topological polar surface area (TPSA) is 99.0 Å². The molecule has 2 atom stereocenters. The maximum absolute atomic E-state index is 13.3. The van der Waals surface area contributed by atoms with Crippen molar-refractivity contribution in [1.29, 1.82) is 0 Å². The molecule has 0 saturated heterocycles. The number of ether oxygens (including phenoxy) is 1. The van der Waals surface area contributed by atoms with Crippen LogP contribution in [0.15, 0.2) is 65.9 Å². The number of carbonyl (C=O) groups is 2. The Labute approximate surface area is 172 Å². The molecule has 0 unspecified atom stereocenters. The molecule has 0 saturated carbocycles. The van der Waals surface area contributed by atoms with Gasteiger partial charge in [0.2, 0.25) is 5.95 Å². The second kappa shape index (κ2) is 7.22. The van der Waals surface area contributed by atoms with Gasteiger partial charge in [0.25, 0.3) is 0 Å². The van der Waals surface area contributed by atoms with Crippen molar-refractivity contribution >= 4 is 17.7 Å². The largest absolute Gasteiger partial charge is 0.465 e. The van der Waals surface area contributed by atoms with E-state index >= 15 is 0 Å². The summed E-state index contributed by atoms with van der Waals surface area (Å²) < 4.78 is 6.39. The number of aromatic nitrogens is 4. The van der Waals surface area contributed by atoms with Gasteiger partial charge in [0.1, 0.15) is 6.04 Å². The fourth-order valence-electron chi connectivity index (χ4n) is 4.26. The number of esters is 1. The van der Waals surface area contributed by atoms with Crippen molar-refractivity contribution in [3.8, 4) is 0 Å². The molecule has 0 spiro atoms. The summed E-state index contributed by atoms with van der Waals surface area (Å²) in [4.78, 5) is 25.1. The Morgan fingerprint density at radius 1 is 1.07 bits per heavy atom. The fourth-order valence-corrected chi connectivity index (χ4v) is 4.26. The average molecular weight is 401 g/mol. The first-order valence-corrected chi connectivity index (χ1v) is 9.70. The van der Waals surface area contributed by atoms with Gasteiger partial charge in [0.05, 0.1) is 12.7 Å². The van der Waals surface area contributed by atoms with Gasteiger partial charge < -0.3 is 10.1 Å². The molecule has 0 radical (unpaired) electrons. The number of Topliss-reactive ketones (excluding diaryl/α,β-unsaturated/α-hetero) is 1. The highest BCUT2D eigenvalue weighted by molar-refractivity contribution is 6.00. The van der Waals surface area contributed by atoms with Crippen molar-refractivity contribution in [3.63, 3.8) is 0 Å². The van der Waals surface area contributed by atoms with Crippen LogP contribution in [-0.4, -0.2) is 39.1 Å². The molecule has 0 bridgehead atoms. The van der Waals surface area contributed by atoms with Gasteiger partial charge >= 0.3 is 5.97 Å². The van der Waals surface area contributed by atoms with Gasteiger partial charge in [-0.1, -0.05) is 47.6 Å². The fraction of sp³-hybridized carbons (Fsp3) is 0.227. The molecule has 1 aliphatic heterocycles. The van der Waals surface area contributed by atoms with Crippen molar-refractivity contribution in [2.75, 3.05) is 12.4 Å². The summed E-state index contributed by atoms with van der Waals surface area (Å²) in [7, 11) is 1.34. The van der Waals surface area contributed by atoms with E-state index in [-0.39, 0.29) is 11.7 Å². The third-order valence-corrected chi connectivity index (χ3v) is 5.70. The zero-order valence-corrected chi connectivity index (χ0v) is 16.3. The molecule has 2 aliphatic rings. The van der Waals surface area contributed by atoms with E-state index in [1.54, 1.807) is 16.8 Å². The second-order valence-corrected chi connectivity index (χ2v) is 7.42. The Bertz CT molecular complexity index is 1150. The Morgan fingerprint density at radius 2 is 1.83 bits per heavy atom. The van der Waals surface area contributed by atoms with Crippen molar-refractivity contribution in [2.45, 2.75) is 24.8 Å². The highest BCUT2D eigenvalue weighted by Crippen LogP contribution is 2.43. The first-order valence-electron chi connectivity index (χ1n) is 9.70. The minimum atomic E-state index is -0.442. The van der Waals surface area contributed by atoms with Crippen LogP contribution in [0.25, 0.3) is 0 Å². The number of carbonyl (C=O) groups excluding carboxylic acids is 2. The number of allylic oxidation sites excluding steroid dienone is 2. The van der Waals surface area contributed by atoms with Crippen LogP contribution < -0.4 is 5.32 Å². The second-order valence-electron chi connectivity index (χ2n) is 7.42. The van der Waals surface area contributed by atoms with Crippen LogP contribution in [0.2, 0.25) is 0 Å². The van der Waals surface area contributed by atoms with Gasteiger partial charge in [-0.25, -0.2) is 4.79 Å². The standard InChI is InChI=1S/C22H19N5O3/c1-30-21(29)15-9-7-14(8-10-15)20-19-17(23-22-24-25-26-27(20)22)11-16(12-18(19)28)13-5-3-2-4-6-13/h2-10,16,20H,11-12H2,1H3,(H,23,24,26)/t16-,20+/m1/s1. The SMILES string of the molecule is COC(=O)c1ccc([C@H]2C3=C(C[C@@H](c4ccccc4)CC3=O)Nc3nnnn32)cc1. The predicted molar refractivity (Wildman–Crippen MR) is 108 cm³/mol. The molecule has 2 aromatic carbocycles. The van der Waals surface area contributed by atoms with Gasteiger partial charge in [-0.3, -0.25) is 4.79 Å². The predicted octanol–water partition coefficient (Wildman–Crippen LogP) is 2.88. The van der Waals surface area contributed by atoms with E-state index in [1.807, 2.05) is 30.3 Å². The van der Waals surface area contributed by atoms with Gasteiger partial charge in [-0.05, 0) is 46.0 Å². The molecule has 2 heterocycles. The van der Waals surface area contributed by atoms with E-state index in [4.69, 9.17) is 4.74 Å². The number of rotatable bonds is 3. The number of nitrogens with zero attached hydrogens (tertiary/aromatic N) is 4. The summed E-state index contributed by atoms with van der Waals surface area (Å²) in [6.45, 7) is 0. The van der Waals surface area contributed by atoms with Crippen LogP contribution in [0.5, 0.6) is 0 Å². The van der Waals surface area contributed by atoms with E-state index < -0.39 is 12.0 Å². The Kier molecular flexibility index (Phi) is 4.39. The molecular weight excluding hydrogens is 382 g/mol. The smallest absolute Gasteiger partial charge is 0.337 e. The molecule has 5 rings (SSSR count). The zero-order chi connectivity index (χ0) is 20.7. The van der Waals surface area contributed by atoms with Gasteiger partial charge in [-0.15, -0.1) is 0 Å². The molecule has 1 aliphatic carbocycles. The quantitative estimate of drug-likeness (QED) is 0.674. The number of methoxy groups -OCH3 is 1. The summed E-state index contributed by atoms with van der Waals surface area (Å²) in [6.07, 6.45) is 1.13. The lowest BCUT2D eigenvalue weighted by molar-refractivity contribution is -0.116. The summed E-state index contributed by atoms with van der Waals surface area (Å²) in [5.74, 6) is 0.266. The monoisotopic (exact) mass is 401 g/mol. The van der Waals surface area contributed by atoms with Crippen LogP contribution in [0.1, 0.15) is 46.3 Å². The van der Waals surface area contributed by atoms with Crippen LogP contribution >= 0.6 is 0 Å². The van der Waals surface area contributed by atoms with Crippen LogP contribution in [-0.2, 0) is 9.53 Å². The molecule has 0 amide bonds. The lowest BCUT2D eigenvalue weighted by Crippen LogP contribution is -2.33.